The molecule has 1 N–H and O–H groups in total. The molecule has 1 rings (SSSR count). The largest absolute Gasteiger partial charge is 0.370 e. The second kappa shape index (κ2) is 6.06. The summed E-state index contributed by atoms with van der Waals surface area (Å²) < 4.78 is 28.3. The van der Waals surface area contributed by atoms with Crippen LogP contribution in [0.15, 0.2) is 12.1 Å². The molecule has 1 aromatic rings. The predicted octanol–water partition coefficient (Wildman–Crippen LogP) is 2.25. The lowest BCUT2D eigenvalue weighted by Gasteiger charge is -2.00. The first kappa shape index (κ1) is 11.6. The molecule has 0 saturated heterocycles. The lowest BCUT2D eigenvalue weighted by molar-refractivity contribution is 0.0108. The Hall–Kier alpha value is -0.520. The number of hydrogen-bond acceptors (Lipinski definition) is 3. The topological polar surface area (TPSA) is 21.3 Å². The Kier molecular flexibility index (Phi) is 5.00. The van der Waals surface area contributed by atoms with E-state index < -0.39 is 13.0 Å². The molecule has 0 bridgehead atoms. The molecule has 1 heterocycles. The molecule has 0 spiro atoms. The lowest BCUT2D eigenvalue weighted by atomic mass is 10.4. The predicted molar refractivity (Wildman–Crippen MR) is 52.7 cm³/mol. The molecule has 0 saturated carbocycles. The molecule has 0 atom stereocenters. The minimum absolute atomic E-state index is 0.277. The Labute approximate surface area is 85.9 Å². The summed E-state index contributed by atoms with van der Waals surface area (Å²) in [6.07, 6.45) is -2.38. The van der Waals surface area contributed by atoms with Crippen LogP contribution >= 0.6 is 11.3 Å². The third-order valence-electron chi connectivity index (χ3n) is 1.56. The van der Waals surface area contributed by atoms with Gasteiger partial charge in [0.1, 0.15) is 6.61 Å². The SMILES string of the molecule is CNCc1ccc(COCC(F)F)s1. The third-order valence-corrected chi connectivity index (χ3v) is 2.62. The van der Waals surface area contributed by atoms with Gasteiger partial charge < -0.3 is 10.1 Å². The maximum Gasteiger partial charge on any atom is 0.261 e. The van der Waals surface area contributed by atoms with Gasteiger partial charge in [0.05, 0.1) is 6.61 Å². The van der Waals surface area contributed by atoms with E-state index >= 15 is 0 Å². The van der Waals surface area contributed by atoms with Gasteiger partial charge in [-0.05, 0) is 19.2 Å². The molecule has 0 fully saturated rings. The van der Waals surface area contributed by atoms with Gasteiger partial charge in [0.15, 0.2) is 0 Å². The maximum atomic E-state index is 11.7. The molecule has 80 valence electrons. The van der Waals surface area contributed by atoms with E-state index in [2.05, 4.69) is 5.32 Å². The summed E-state index contributed by atoms with van der Waals surface area (Å²) in [5.41, 5.74) is 0. The first-order chi connectivity index (χ1) is 6.72. The maximum absolute atomic E-state index is 11.7. The van der Waals surface area contributed by atoms with Crippen molar-refractivity contribution >= 4 is 11.3 Å². The second-order valence-electron chi connectivity index (χ2n) is 2.80. The standard InChI is InChI=1S/C9H13F2NOS/c1-12-4-7-2-3-8(14-7)5-13-6-9(10)11/h2-3,9,12H,4-6H2,1H3. The van der Waals surface area contributed by atoms with E-state index in [0.29, 0.717) is 0 Å². The summed E-state index contributed by atoms with van der Waals surface area (Å²) in [4.78, 5) is 2.17. The van der Waals surface area contributed by atoms with Gasteiger partial charge in [0, 0.05) is 16.3 Å². The summed E-state index contributed by atoms with van der Waals surface area (Å²) in [6, 6.07) is 3.88. The normalized spacial score (nSPS) is 11.1. The molecule has 0 amide bonds. The van der Waals surface area contributed by atoms with Gasteiger partial charge in [0.2, 0.25) is 0 Å². The summed E-state index contributed by atoms with van der Waals surface area (Å²) in [5.74, 6) is 0. The van der Waals surface area contributed by atoms with Crippen molar-refractivity contribution in [3.63, 3.8) is 0 Å². The Balaban J connectivity index is 2.28. The zero-order chi connectivity index (χ0) is 10.4. The van der Waals surface area contributed by atoms with Crippen LogP contribution in [0.1, 0.15) is 9.75 Å². The fourth-order valence-electron chi connectivity index (χ4n) is 1.02. The van der Waals surface area contributed by atoms with Crippen LogP contribution in [-0.4, -0.2) is 20.1 Å². The fourth-order valence-corrected chi connectivity index (χ4v) is 1.99. The van der Waals surface area contributed by atoms with E-state index in [9.17, 15) is 8.78 Å². The van der Waals surface area contributed by atoms with Crippen molar-refractivity contribution in [3.8, 4) is 0 Å². The number of nitrogens with one attached hydrogen (secondary N) is 1. The second-order valence-corrected chi connectivity index (χ2v) is 4.06. The van der Waals surface area contributed by atoms with Gasteiger partial charge in [-0.15, -0.1) is 11.3 Å². The third kappa shape index (κ3) is 4.13. The molecule has 0 aliphatic rings. The highest BCUT2D eigenvalue weighted by atomic mass is 32.1. The zero-order valence-corrected chi connectivity index (χ0v) is 8.74. The van der Waals surface area contributed by atoms with Crippen molar-refractivity contribution in [1.29, 1.82) is 0 Å². The highest BCUT2D eigenvalue weighted by Crippen LogP contribution is 2.17. The molecule has 5 heteroatoms. The van der Waals surface area contributed by atoms with Gasteiger partial charge >= 0.3 is 0 Å². The summed E-state index contributed by atoms with van der Waals surface area (Å²) in [7, 11) is 1.87. The van der Waals surface area contributed by atoms with Gasteiger partial charge in [-0.1, -0.05) is 0 Å². The number of alkyl halides is 2. The fraction of sp³-hybridized carbons (Fsp3) is 0.556. The van der Waals surface area contributed by atoms with Crippen LogP contribution in [0.3, 0.4) is 0 Å². The molecule has 0 radical (unpaired) electrons. The van der Waals surface area contributed by atoms with E-state index in [1.807, 2.05) is 19.2 Å². The number of halogens is 2. The average molecular weight is 221 g/mol. The van der Waals surface area contributed by atoms with Crippen molar-refractivity contribution in [2.45, 2.75) is 19.6 Å². The van der Waals surface area contributed by atoms with Crippen LogP contribution in [-0.2, 0) is 17.9 Å². The summed E-state index contributed by atoms with van der Waals surface area (Å²) in [6.45, 7) is 0.595. The Morgan fingerprint density at radius 1 is 1.43 bits per heavy atom. The van der Waals surface area contributed by atoms with Crippen LogP contribution in [0.5, 0.6) is 0 Å². The first-order valence-corrected chi connectivity index (χ1v) is 5.12. The molecular weight excluding hydrogens is 208 g/mol. The number of rotatable bonds is 6. The van der Waals surface area contributed by atoms with Gasteiger partial charge in [-0.2, -0.15) is 0 Å². The molecule has 0 aromatic carbocycles. The highest BCUT2D eigenvalue weighted by Gasteiger charge is 2.03. The van der Waals surface area contributed by atoms with E-state index in [0.717, 1.165) is 11.4 Å². The van der Waals surface area contributed by atoms with Crippen molar-refractivity contribution in [3.05, 3.63) is 21.9 Å². The van der Waals surface area contributed by atoms with Crippen molar-refractivity contribution in [2.24, 2.45) is 0 Å². The minimum atomic E-state index is -2.38. The highest BCUT2D eigenvalue weighted by molar-refractivity contribution is 7.11. The van der Waals surface area contributed by atoms with E-state index in [1.165, 1.54) is 4.88 Å². The minimum Gasteiger partial charge on any atom is -0.370 e. The monoisotopic (exact) mass is 221 g/mol. The zero-order valence-electron chi connectivity index (χ0n) is 7.93. The van der Waals surface area contributed by atoms with Crippen LogP contribution in [0.25, 0.3) is 0 Å². The van der Waals surface area contributed by atoms with Gasteiger partial charge in [0.25, 0.3) is 6.43 Å². The quantitative estimate of drug-likeness (QED) is 0.795. The van der Waals surface area contributed by atoms with Crippen LogP contribution in [0.4, 0.5) is 8.78 Å². The number of thiophene rings is 1. The first-order valence-electron chi connectivity index (χ1n) is 4.30. The van der Waals surface area contributed by atoms with Crippen molar-refractivity contribution < 1.29 is 13.5 Å². The average Bonchev–Trinajstić information content (AvgIpc) is 2.53. The molecule has 14 heavy (non-hydrogen) atoms. The molecule has 1 aromatic heterocycles. The molecule has 0 aliphatic heterocycles. The van der Waals surface area contributed by atoms with E-state index in [4.69, 9.17) is 4.74 Å². The molecule has 0 aliphatic carbocycles. The van der Waals surface area contributed by atoms with Gasteiger partial charge in [-0.3, -0.25) is 0 Å². The molecule has 0 unspecified atom stereocenters. The van der Waals surface area contributed by atoms with Gasteiger partial charge in [-0.25, -0.2) is 8.78 Å². The lowest BCUT2D eigenvalue weighted by Crippen LogP contribution is -2.03. The smallest absolute Gasteiger partial charge is 0.261 e. The van der Waals surface area contributed by atoms with Crippen molar-refractivity contribution in [1.82, 2.24) is 5.32 Å². The van der Waals surface area contributed by atoms with E-state index in [-0.39, 0.29) is 6.61 Å². The van der Waals surface area contributed by atoms with E-state index in [1.54, 1.807) is 11.3 Å². The van der Waals surface area contributed by atoms with Crippen LogP contribution in [0.2, 0.25) is 0 Å². The van der Waals surface area contributed by atoms with Crippen LogP contribution < -0.4 is 5.32 Å². The summed E-state index contributed by atoms with van der Waals surface area (Å²) >= 11 is 1.58. The van der Waals surface area contributed by atoms with Crippen molar-refractivity contribution in [2.75, 3.05) is 13.7 Å². The number of ether oxygens (including phenoxy) is 1. The molecule has 2 nitrogen and oxygen atoms in total. The molecular formula is C9H13F2NOS. The Morgan fingerprint density at radius 2 is 2.14 bits per heavy atom. The summed E-state index contributed by atoms with van der Waals surface area (Å²) in [5, 5.41) is 3.02. The number of hydrogen-bond donors (Lipinski definition) is 1. The Bertz CT molecular complexity index is 265. The Morgan fingerprint density at radius 3 is 2.79 bits per heavy atom. The van der Waals surface area contributed by atoms with Crippen LogP contribution in [0, 0.1) is 0 Å².